The van der Waals surface area contributed by atoms with Gasteiger partial charge in [-0.25, -0.2) is 8.42 Å². The molecule has 0 aromatic heterocycles. The first kappa shape index (κ1) is 22.9. The van der Waals surface area contributed by atoms with Gasteiger partial charge in [0.15, 0.2) is 0 Å². The van der Waals surface area contributed by atoms with Crippen LogP contribution in [0.25, 0.3) is 0 Å². The van der Waals surface area contributed by atoms with Crippen molar-refractivity contribution in [1.29, 1.82) is 0 Å². The summed E-state index contributed by atoms with van der Waals surface area (Å²) in [6, 6.07) is 11.7. The lowest BCUT2D eigenvalue weighted by Crippen LogP contribution is -2.32. The quantitative estimate of drug-likeness (QED) is 0.644. The van der Waals surface area contributed by atoms with E-state index in [0.29, 0.717) is 36.0 Å². The maximum Gasteiger partial charge on any atom is 0.243 e. The van der Waals surface area contributed by atoms with Crippen LogP contribution in [0.15, 0.2) is 47.4 Å². The topological polar surface area (TPSA) is 97.0 Å². The SMILES string of the molecule is COc1ccc(OC)c(NC(=O)CNc2cccc(S(=O)(=O)N3CCCCCC3)c2)c1. The van der Waals surface area contributed by atoms with E-state index in [1.165, 1.54) is 7.11 Å². The van der Waals surface area contributed by atoms with Gasteiger partial charge in [0.2, 0.25) is 15.9 Å². The average Bonchev–Trinajstić information content (AvgIpc) is 3.08. The minimum atomic E-state index is -3.55. The number of sulfonamides is 1. The second kappa shape index (κ2) is 10.5. The van der Waals surface area contributed by atoms with E-state index in [1.807, 2.05) is 0 Å². The smallest absolute Gasteiger partial charge is 0.243 e. The highest BCUT2D eigenvalue weighted by Gasteiger charge is 2.25. The third kappa shape index (κ3) is 5.89. The normalized spacial score (nSPS) is 15.0. The fourth-order valence-electron chi connectivity index (χ4n) is 3.49. The number of anilines is 2. The third-order valence-corrected chi connectivity index (χ3v) is 7.07. The Morgan fingerprint density at radius 3 is 2.42 bits per heavy atom. The van der Waals surface area contributed by atoms with Gasteiger partial charge in [-0.15, -0.1) is 0 Å². The average molecular weight is 448 g/mol. The summed E-state index contributed by atoms with van der Waals surface area (Å²) in [4.78, 5) is 12.7. The van der Waals surface area contributed by atoms with Crippen molar-refractivity contribution in [3.8, 4) is 11.5 Å². The van der Waals surface area contributed by atoms with Gasteiger partial charge in [0.1, 0.15) is 11.5 Å². The molecule has 0 spiro atoms. The number of ether oxygens (including phenoxy) is 2. The third-order valence-electron chi connectivity index (χ3n) is 5.17. The van der Waals surface area contributed by atoms with E-state index in [2.05, 4.69) is 10.6 Å². The summed E-state index contributed by atoms with van der Waals surface area (Å²) in [7, 11) is -0.486. The highest BCUT2D eigenvalue weighted by molar-refractivity contribution is 7.89. The molecule has 8 nitrogen and oxygen atoms in total. The number of nitrogens with zero attached hydrogens (tertiary/aromatic N) is 1. The molecule has 0 radical (unpaired) electrons. The summed E-state index contributed by atoms with van der Waals surface area (Å²) in [5.74, 6) is 0.808. The van der Waals surface area contributed by atoms with E-state index in [-0.39, 0.29) is 17.3 Å². The fraction of sp³-hybridized carbons (Fsp3) is 0.409. The fourth-order valence-corrected chi connectivity index (χ4v) is 5.05. The van der Waals surface area contributed by atoms with Crippen LogP contribution in [0.4, 0.5) is 11.4 Å². The second-order valence-corrected chi connectivity index (χ2v) is 9.25. The van der Waals surface area contributed by atoms with Gasteiger partial charge in [0.05, 0.1) is 31.3 Å². The summed E-state index contributed by atoms with van der Waals surface area (Å²) in [6.45, 7) is 1.06. The van der Waals surface area contributed by atoms with Gasteiger partial charge in [-0.1, -0.05) is 18.9 Å². The first-order valence-corrected chi connectivity index (χ1v) is 11.7. The van der Waals surface area contributed by atoms with Crippen molar-refractivity contribution < 1.29 is 22.7 Å². The minimum absolute atomic E-state index is 0.0341. The first-order valence-electron chi connectivity index (χ1n) is 10.3. The van der Waals surface area contributed by atoms with E-state index in [9.17, 15) is 13.2 Å². The number of carbonyl (C=O) groups excluding carboxylic acids is 1. The van der Waals surface area contributed by atoms with Crippen LogP contribution in [0, 0.1) is 0 Å². The van der Waals surface area contributed by atoms with Crippen molar-refractivity contribution in [1.82, 2.24) is 4.31 Å². The molecule has 1 fully saturated rings. The van der Waals surface area contributed by atoms with E-state index in [1.54, 1.807) is 53.9 Å². The van der Waals surface area contributed by atoms with Gasteiger partial charge in [0, 0.05) is 24.8 Å². The largest absolute Gasteiger partial charge is 0.497 e. The summed E-state index contributed by atoms with van der Waals surface area (Å²) < 4.78 is 38.0. The number of methoxy groups -OCH3 is 2. The molecule has 168 valence electrons. The van der Waals surface area contributed by atoms with E-state index < -0.39 is 10.0 Å². The van der Waals surface area contributed by atoms with E-state index >= 15 is 0 Å². The zero-order valence-electron chi connectivity index (χ0n) is 17.9. The molecule has 9 heteroatoms. The Morgan fingerprint density at radius 2 is 1.74 bits per heavy atom. The van der Waals surface area contributed by atoms with Crippen LogP contribution in [-0.4, -0.2) is 52.5 Å². The molecule has 0 bridgehead atoms. The number of hydrogen-bond acceptors (Lipinski definition) is 6. The van der Waals surface area contributed by atoms with Crippen LogP contribution in [0.1, 0.15) is 25.7 Å². The molecule has 0 aliphatic carbocycles. The van der Waals surface area contributed by atoms with Crippen LogP contribution < -0.4 is 20.1 Å². The molecule has 2 aromatic rings. The molecular weight excluding hydrogens is 418 g/mol. The molecule has 1 amide bonds. The molecule has 2 aromatic carbocycles. The van der Waals surface area contributed by atoms with Crippen LogP contribution in [0.5, 0.6) is 11.5 Å². The highest BCUT2D eigenvalue weighted by atomic mass is 32.2. The van der Waals surface area contributed by atoms with Gasteiger partial charge >= 0.3 is 0 Å². The zero-order valence-corrected chi connectivity index (χ0v) is 18.7. The zero-order chi connectivity index (χ0) is 22.3. The maximum atomic E-state index is 13.0. The molecule has 0 atom stereocenters. The summed E-state index contributed by atoms with van der Waals surface area (Å²) in [5, 5.41) is 5.77. The summed E-state index contributed by atoms with van der Waals surface area (Å²) >= 11 is 0. The molecule has 2 N–H and O–H groups in total. The van der Waals surface area contributed by atoms with Crippen molar-refractivity contribution in [2.45, 2.75) is 30.6 Å². The Hall–Kier alpha value is -2.78. The molecule has 1 saturated heterocycles. The number of carbonyl (C=O) groups is 1. The number of amides is 1. The molecule has 1 heterocycles. The minimum Gasteiger partial charge on any atom is -0.497 e. The van der Waals surface area contributed by atoms with Crippen LogP contribution in [0.2, 0.25) is 0 Å². The second-order valence-electron chi connectivity index (χ2n) is 7.31. The van der Waals surface area contributed by atoms with Crippen LogP contribution >= 0.6 is 0 Å². The van der Waals surface area contributed by atoms with Crippen LogP contribution in [0.3, 0.4) is 0 Å². The number of benzene rings is 2. The predicted octanol–water partition coefficient (Wildman–Crippen LogP) is 3.32. The van der Waals surface area contributed by atoms with Crippen molar-refractivity contribution in [2.75, 3.05) is 44.5 Å². The lowest BCUT2D eigenvalue weighted by atomic mass is 10.2. The molecule has 31 heavy (non-hydrogen) atoms. The van der Waals surface area contributed by atoms with Gasteiger partial charge in [-0.3, -0.25) is 4.79 Å². The van der Waals surface area contributed by atoms with Gasteiger partial charge < -0.3 is 20.1 Å². The van der Waals surface area contributed by atoms with E-state index in [4.69, 9.17) is 9.47 Å². The number of nitrogens with one attached hydrogen (secondary N) is 2. The Kier molecular flexibility index (Phi) is 7.75. The highest BCUT2D eigenvalue weighted by Crippen LogP contribution is 2.29. The first-order chi connectivity index (χ1) is 14.9. The lowest BCUT2D eigenvalue weighted by Gasteiger charge is -2.20. The molecule has 3 rings (SSSR count). The Labute approximate surface area is 183 Å². The van der Waals surface area contributed by atoms with Crippen molar-refractivity contribution in [3.63, 3.8) is 0 Å². The van der Waals surface area contributed by atoms with Gasteiger partial charge in [0.25, 0.3) is 0 Å². The van der Waals surface area contributed by atoms with Crippen molar-refractivity contribution in [2.24, 2.45) is 0 Å². The summed E-state index contributed by atoms with van der Waals surface area (Å²) in [6.07, 6.45) is 3.87. The lowest BCUT2D eigenvalue weighted by molar-refractivity contribution is -0.114. The predicted molar refractivity (Wildman–Crippen MR) is 120 cm³/mol. The maximum absolute atomic E-state index is 13.0. The summed E-state index contributed by atoms with van der Waals surface area (Å²) in [5.41, 5.74) is 1.05. The standard InChI is InChI=1S/C22H29N3O5S/c1-29-18-10-11-21(30-2)20(15-18)24-22(26)16-23-17-8-7-9-19(14-17)31(27,28)25-12-5-3-4-6-13-25/h7-11,14-15,23H,3-6,12-13,16H2,1-2H3,(H,24,26). The van der Waals surface area contributed by atoms with Crippen molar-refractivity contribution >= 4 is 27.3 Å². The van der Waals surface area contributed by atoms with Gasteiger partial charge in [-0.2, -0.15) is 4.31 Å². The molecule has 0 unspecified atom stereocenters. The van der Waals surface area contributed by atoms with Gasteiger partial charge in [-0.05, 0) is 43.2 Å². The van der Waals surface area contributed by atoms with E-state index in [0.717, 1.165) is 25.7 Å². The van der Waals surface area contributed by atoms with Crippen molar-refractivity contribution in [3.05, 3.63) is 42.5 Å². The Balaban J connectivity index is 1.65. The molecular formula is C22H29N3O5S. The molecule has 0 saturated carbocycles. The monoisotopic (exact) mass is 447 g/mol. The molecule has 1 aliphatic rings. The van der Waals surface area contributed by atoms with Crippen LogP contribution in [-0.2, 0) is 14.8 Å². The number of hydrogen-bond donors (Lipinski definition) is 2. The number of rotatable bonds is 8. The molecule has 1 aliphatic heterocycles. The Morgan fingerprint density at radius 1 is 1.00 bits per heavy atom. The Bertz CT molecular complexity index is 1000.